The first kappa shape index (κ1) is 15.6. The summed E-state index contributed by atoms with van der Waals surface area (Å²) < 4.78 is 0. The summed E-state index contributed by atoms with van der Waals surface area (Å²) in [5.74, 6) is 1.72. The normalized spacial score (nSPS) is 24.6. The highest BCUT2D eigenvalue weighted by Crippen LogP contribution is 2.40. The summed E-state index contributed by atoms with van der Waals surface area (Å²) in [5, 5.41) is 3.85. The van der Waals surface area contributed by atoms with Crippen LogP contribution in [-0.4, -0.2) is 6.54 Å². The first-order valence-electron chi connectivity index (χ1n) is 8.56. The van der Waals surface area contributed by atoms with Crippen LogP contribution in [0.1, 0.15) is 69.5 Å². The maximum atomic E-state index is 3.85. The number of aryl methyl sites for hydroxylation is 1. The lowest BCUT2D eigenvalue weighted by Crippen LogP contribution is -2.35. The maximum absolute atomic E-state index is 3.85. The van der Waals surface area contributed by atoms with Crippen LogP contribution in [-0.2, 0) is 0 Å². The molecule has 3 unspecified atom stereocenters. The van der Waals surface area contributed by atoms with Crippen molar-refractivity contribution < 1.29 is 0 Å². The van der Waals surface area contributed by atoms with Crippen molar-refractivity contribution in [3.05, 3.63) is 35.4 Å². The summed E-state index contributed by atoms with van der Waals surface area (Å²) in [6.07, 6.45) is 8.22. The molecule has 0 amide bonds. The van der Waals surface area contributed by atoms with Gasteiger partial charge in [0.15, 0.2) is 0 Å². The number of nitrogens with one attached hydrogen (secondary N) is 1. The van der Waals surface area contributed by atoms with E-state index < -0.39 is 0 Å². The Kier molecular flexibility index (Phi) is 6.09. The van der Waals surface area contributed by atoms with Crippen LogP contribution in [0.25, 0.3) is 0 Å². The van der Waals surface area contributed by atoms with E-state index in [1.54, 1.807) is 0 Å². The van der Waals surface area contributed by atoms with Gasteiger partial charge in [-0.2, -0.15) is 0 Å². The van der Waals surface area contributed by atoms with Gasteiger partial charge in [-0.1, -0.05) is 69.4 Å². The molecule has 1 aliphatic rings. The first-order chi connectivity index (χ1) is 9.76. The van der Waals surface area contributed by atoms with E-state index in [4.69, 9.17) is 0 Å². The van der Waals surface area contributed by atoms with Gasteiger partial charge in [0.25, 0.3) is 0 Å². The molecule has 0 heterocycles. The van der Waals surface area contributed by atoms with Gasteiger partial charge in [0, 0.05) is 6.04 Å². The van der Waals surface area contributed by atoms with Crippen molar-refractivity contribution in [2.45, 2.75) is 65.3 Å². The van der Waals surface area contributed by atoms with Gasteiger partial charge in [-0.15, -0.1) is 0 Å². The average molecular weight is 273 g/mol. The largest absolute Gasteiger partial charge is 0.310 e. The van der Waals surface area contributed by atoms with Crippen molar-refractivity contribution in [1.29, 1.82) is 0 Å². The minimum Gasteiger partial charge on any atom is -0.310 e. The Labute approximate surface area is 125 Å². The van der Waals surface area contributed by atoms with E-state index in [0.717, 1.165) is 18.4 Å². The third-order valence-corrected chi connectivity index (χ3v) is 4.94. The van der Waals surface area contributed by atoms with Gasteiger partial charge in [-0.3, -0.25) is 0 Å². The zero-order valence-corrected chi connectivity index (χ0v) is 13.5. The Morgan fingerprint density at radius 3 is 2.70 bits per heavy atom. The topological polar surface area (TPSA) is 12.0 Å². The molecule has 1 nitrogen and oxygen atoms in total. The van der Waals surface area contributed by atoms with Gasteiger partial charge in [0.05, 0.1) is 0 Å². The smallest absolute Gasteiger partial charge is 0.0351 e. The molecule has 1 saturated carbocycles. The summed E-state index contributed by atoms with van der Waals surface area (Å²) in [4.78, 5) is 0. The fourth-order valence-corrected chi connectivity index (χ4v) is 3.86. The summed E-state index contributed by atoms with van der Waals surface area (Å²) in [7, 11) is 0. The Bertz CT molecular complexity index is 399. The van der Waals surface area contributed by atoms with E-state index in [1.165, 1.54) is 49.7 Å². The molecule has 0 aliphatic heterocycles. The lowest BCUT2D eigenvalue weighted by Gasteiger charge is -2.38. The molecule has 0 spiro atoms. The molecule has 3 atom stereocenters. The van der Waals surface area contributed by atoms with Crippen molar-refractivity contribution in [3.63, 3.8) is 0 Å². The molecule has 1 aromatic carbocycles. The summed E-state index contributed by atoms with van der Waals surface area (Å²) in [6.45, 7) is 7.97. The lowest BCUT2D eigenvalue weighted by molar-refractivity contribution is 0.175. The molecular weight excluding hydrogens is 242 g/mol. The van der Waals surface area contributed by atoms with Crippen LogP contribution in [0.4, 0.5) is 0 Å². The van der Waals surface area contributed by atoms with Crippen LogP contribution in [0, 0.1) is 18.8 Å². The van der Waals surface area contributed by atoms with E-state index >= 15 is 0 Å². The Morgan fingerprint density at radius 2 is 2.00 bits per heavy atom. The predicted molar refractivity (Wildman–Crippen MR) is 88.0 cm³/mol. The highest BCUT2D eigenvalue weighted by Gasteiger charge is 2.31. The molecule has 1 N–H and O–H groups in total. The van der Waals surface area contributed by atoms with Crippen LogP contribution < -0.4 is 5.32 Å². The van der Waals surface area contributed by atoms with Gasteiger partial charge >= 0.3 is 0 Å². The molecule has 1 fully saturated rings. The monoisotopic (exact) mass is 273 g/mol. The highest BCUT2D eigenvalue weighted by atomic mass is 14.9. The Balaban J connectivity index is 2.21. The molecule has 1 heteroatoms. The lowest BCUT2D eigenvalue weighted by atomic mass is 9.72. The van der Waals surface area contributed by atoms with Gasteiger partial charge in [0.1, 0.15) is 0 Å². The second-order valence-corrected chi connectivity index (χ2v) is 6.46. The van der Waals surface area contributed by atoms with Crippen LogP contribution in [0.5, 0.6) is 0 Å². The minimum absolute atomic E-state index is 0.556. The quantitative estimate of drug-likeness (QED) is 0.746. The predicted octanol–water partition coefficient (Wildman–Crippen LogP) is 5.25. The zero-order valence-electron chi connectivity index (χ0n) is 13.5. The third kappa shape index (κ3) is 3.85. The molecular formula is C19H31N. The van der Waals surface area contributed by atoms with E-state index in [-0.39, 0.29) is 0 Å². The third-order valence-electron chi connectivity index (χ3n) is 4.94. The van der Waals surface area contributed by atoms with Crippen molar-refractivity contribution in [2.75, 3.05) is 6.54 Å². The first-order valence-corrected chi connectivity index (χ1v) is 8.56. The van der Waals surface area contributed by atoms with Crippen molar-refractivity contribution in [1.82, 2.24) is 5.32 Å². The van der Waals surface area contributed by atoms with E-state index in [9.17, 15) is 0 Å². The molecule has 1 aliphatic carbocycles. The fraction of sp³-hybridized carbons (Fsp3) is 0.684. The van der Waals surface area contributed by atoms with Gasteiger partial charge in [-0.25, -0.2) is 0 Å². The number of benzene rings is 1. The fourth-order valence-electron chi connectivity index (χ4n) is 3.86. The summed E-state index contributed by atoms with van der Waals surface area (Å²) in [5.41, 5.74) is 2.89. The van der Waals surface area contributed by atoms with E-state index in [2.05, 4.69) is 50.4 Å². The molecule has 0 saturated heterocycles. The van der Waals surface area contributed by atoms with Crippen molar-refractivity contribution in [2.24, 2.45) is 11.8 Å². The Morgan fingerprint density at radius 1 is 1.20 bits per heavy atom. The molecule has 112 valence electrons. The highest BCUT2D eigenvalue weighted by molar-refractivity contribution is 5.26. The van der Waals surface area contributed by atoms with Crippen LogP contribution >= 0.6 is 0 Å². The second kappa shape index (κ2) is 7.83. The van der Waals surface area contributed by atoms with Gasteiger partial charge < -0.3 is 5.32 Å². The zero-order chi connectivity index (χ0) is 14.4. The maximum Gasteiger partial charge on any atom is 0.0351 e. The number of hydrogen-bond donors (Lipinski definition) is 1. The SMILES string of the molecule is CCCNC(c1cccc(C)c1)C1CCCCC1CC. The molecule has 2 rings (SSSR count). The van der Waals surface area contributed by atoms with E-state index in [1.807, 2.05) is 0 Å². The minimum atomic E-state index is 0.556. The van der Waals surface area contributed by atoms with Gasteiger partial charge in [0.2, 0.25) is 0 Å². The molecule has 1 aromatic rings. The Hall–Kier alpha value is -0.820. The van der Waals surface area contributed by atoms with Crippen LogP contribution in [0.3, 0.4) is 0 Å². The second-order valence-electron chi connectivity index (χ2n) is 6.46. The summed E-state index contributed by atoms with van der Waals surface area (Å²) in [6, 6.07) is 9.68. The van der Waals surface area contributed by atoms with Crippen molar-refractivity contribution in [3.8, 4) is 0 Å². The average Bonchev–Trinajstić information content (AvgIpc) is 2.48. The molecule has 0 aromatic heterocycles. The molecule has 0 bridgehead atoms. The number of rotatable bonds is 6. The van der Waals surface area contributed by atoms with Crippen LogP contribution in [0.15, 0.2) is 24.3 Å². The van der Waals surface area contributed by atoms with Crippen LogP contribution in [0.2, 0.25) is 0 Å². The van der Waals surface area contributed by atoms with Crippen molar-refractivity contribution >= 4 is 0 Å². The molecule has 0 radical (unpaired) electrons. The standard InChI is InChI=1S/C19H31N/c1-4-13-20-19(17-11-8-9-15(3)14-17)18-12-7-6-10-16(18)5-2/h8-9,11,14,16,18-20H,4-7,10,12-13H2,1-3H3. The van der Waals surface area contributed by atoms with Gasteiger partial charge in [-0.05, 0) is 43.7 Å². The summed E-state index contributed by atoms with van der Waals surface area (Å²) >= 11 is 0. The number of hydrogen-bond acceptors (Lipinski definition) is 1. The molecule has 20 heavy (non-hydrogen) atoms. The van der Waals surface area contributed by atoms with E-state index in [0.29, 0.717) is 6.04 Å².